The lowest BCUT2D eigenvalue weighted by atomic mass is 9.47. The Kier molecular flexibility index (Phi) is 7.41. The van der Waals surface area contributed by atoms with Crippen molar-refractivity contribution in [3.63, 3.8) is 0 Å². The monoisotopic (exact) mass is 470 g/mol. The zero-order chi connectivity index (χ0) is 24.9. The Balaban J connectivity index is 1.44. The molecule has 0 radical (unpaired) electrons. The summed E-state index contributed by atoms with van der Waals surface area (Å²) in [6.45, 7) is 18.5. The molecule has 0 heterocycles. The normalized spacial score (nSPS) is 40.7. The fraction of sp³-hybridized carbons (Fsp3) is 0.906. The van der Waals surface area contributed by atoms with Crippen molar-refractivity contribution in [2.45, 2.75) is 132 Å². The second-order valence-corrected chi connectivity index (χ2v) is 14.8. The van der Waals surface area contributed by atoms with Crippen LogP contribution in [0, 0.1) is 51.8 Å². The van der Waals surface area contributed by atoms with Crippen LogP contribution < -0.4 is 0 Å². The van der Waals surface area contributed by atoms with Crippen molar-refractivity contribution < 1.29 is 9.53 Å². The molecule has 0 spiro atoms. The van der Waals surface area contributed by atoms with Crippen molar-refractivity contribution in [2.24, 2.45) is 51.8 Å². The Labute approximate surface area is 211 Å². The molecule has 4 aliphatic rings. The van der Waals surface area contributed by atoms with Gasteiger partial charge < -0.3 is 4.74 Å². The van der Waals surface area contributed by atoms with Crippen molar-refractivity contribution in [2.75, 3.05) is 0 Å². The SMILES string of the molecule is CC(C)CCC[C@@H](C)[C@H]1CCC2C3CC=C4C[C@@H](OC(=O)C(C)(C)C)CC[C@]4(C)C3CC[C@@]21C. The number of allylic oxidation sites excluding steroid dienone is 1. The van der Waals surface area contributed by atoms with Crippen LogP contribution >= 0.6 is 0 Å². The number of fused-ring (bicyclic) bond motifs is 5. The van der Waals surface area contributed by atoms with Gasteiger partial charge in [0.25, 0.3) is 0 Å². The van der Waals surface area contributed by atoms with Crippen LogP contribution in [0.15, 0.2) is 11.6 Å². The van der Waals surface area contributed by atoms with Gasteiger partial charge in [0, 0.05) is 6.42 Å². The summed E-state index contributed by atoms with van der Waals surface area (Å²) in [6.07, 6.45) is 17.2. The van der Waals surface area contributed by atoms with E-state index in [2.05, 4.69) is 40.7 Å². The fourth-order valence-electron chi connectivity index (χ4n) is 9.08. The molecule has 4 aliphatic carbocycles. The van der Waals surface area contributed by atoms with Gasteiger partial charge in [0.2, 0.25) is 0 Å². The molecule has 0 bridgehead atoms. The summed E-state index contributed by atoms with van der Waals surface area (Å²) in [5, 5.41) is 0. The average molecular weight is 471 g/mol. The Morgan fingerprint density at radius 2 is 1.76 bits per heavy atom. The Hall–Kier alpha value is -0.790. The van der Waals surface area contributed by atoms with Gasteiger partial charge in [0.1, 0.15) is 6.10 Å². The van der Waals surface area contributed by atoms with Gasteiger partial charge in [0.15, 0.2) is 0 Å². The van der Waals surface area contributed by atoms with Crippen molar-refractivity contribution in [1.82, 2.24) is 0 Å². The molecule has 3 unspecified atom stereocenters. The van der Waals surface area contributed by atoms with Gasteiger partial charge >= 0.3 is 5.97 Å². The van der Waals surface area contributed by atoms with Gasteiger partial charge in [0.05, 0.1) is 5.41 Å². The standard InChI is InChI=1S/C32H54O2/c1-21(2)10-9-11-22(3)26-14-15-27-25-13-12-23-20-24(34-29(33)30(4,5)6)16-18-31(23,7)28(25)17-19-32(26,27)8/h12,21-22,24-28H,9-11,13-20H2,1-8H3/t22-,24+,25?,26-,27?,28?,31+,32-/m1/s1. The van der Waals surface area contributed by atoms with Crippen LogP contribution in [0.5, 0.6) is 0 Å². The van der Waals surface area contributed by atoms with E-state index in [-0.39, 0.29) is 12.1 Å². The summed E-state index contributed by atoms with van der Waals surface area (Å²) < 4.78 is 5.98. The Morgan fingerprint density at radius 1 is 1.03 bits per heavy atom. The second-order valence-electron chi connectivity index (χ2n) is 14.8. The van der Waals surface area contributed by atoms with Gasteiger partial charge in [-0.05, 0) is 112 Å². The predicted molar refractivity (Wildman–Crippen MR) is 142 cm³/mol. The lowest BCUT2D eigenvalue weighted by Gasteiger charge is -2.58. The third kappa shape index (κ3) is 4.78. The molecule has 4 rings (SSSR count). The minimum absolute atomic E-state index is 0.0386. The summed E-state index contributed by atoms with van der Waals surface area (Å²) in [5.74, 6) is 5.22. The lowest BCUT2D eigenvalue weighted by molar-refractivity contribution is -0.161. The van der Waals surface area contributed by atoms with E-state index in [0.717, 1.165) is 48.3 Å². The maximum atomic E-state index is 12.5. The van der Waals surface area contributed by atoms with Crippen molar-refractivity contribution in [1.29, 1.82) is 0 Å². The number of carbonyl (C=O) groups excluding carboxylic acids is 1. The molecular weight excluding hydrogens is 416 g/mol. The number of esters is 1. The van der Waals surface area contributed by atoms with Gasteiger partial charge in [-0.25, -0.2) is 0 Å². The first-order chi connectivity index (χ1) is 15.9. The van der Waals surface area contributed by atoms with Crippen LogP contribution in [0.4, 0.5) is 0 Å². The molecule has 0 amide bonds. The zero-order valence-corrected chi connectivity index (χ0v) is 23.7. The van der Waals surface area contributed by atoms with Crippen LogP contribution in [0.25, 0.3) is 0 Å². The number of ether oxygens (including phenoxy) is 1. The van der Waals surface area contributed by atoms with Crippen LogP contribution in [0.3, 0.4) is 0 Å². The highest BCUT2D eigenvalue weighted by Gasteiger charge is 2.59. The molecule has 0 aliphatic heterocycles. The van der Waals surface area contributed by atoms with Gasteiger partial charge in [-0.3, -0.25) is 4.79 Å². The fourth-order valence-corrected chi connectivity index (χ4v) is 9.08. The highest BCUT2D eigenvalue weighted by Crippen LogP contribution is 2.67. The predicted octanol–water partition coefficient (Wildman–Crippen LogP) is 8.99. The number of rotatable bonds is 6. The van der Waals surface area contributed by atoms with E-state index in [0.29, 0.717) is 10.8 Å². The summed E-state index contributed by atoms with van der Waals surface area (Å²) in [6, 6.07) is 0. The number of hydrogen-bond donors (Lipinski definition) is 0. The Morgan fingerprint density at radius 3 is 2.44 bits per heavy atom. The van der Waals surface area contributed by atoms with Gasteiger partial charge in [-0.15, -0.1) is 0 Å². The summed E-state index contributed by atoms with van der Waals surface area (Å²) in [5.41, 5.74) is 2.09. The topological polar surface area (TPSA) is 26.3 Å². The van der Waals surface area contributed by atoms with Gasteiger partial charge in [-0.2, -0.15) is 0 Å². The third-order valence-electron chi connectivity index (χ3n) is 11.1. The molecule has 0 aromatic carbocycles. The molecule has 0 saturated heterocycles. The van der Waals surface area contributed by atoms with Crippen LogP contribution in [0.2, 0.25) is 0 Å². The Bertz CT molecular complexity index is 772. The molecule has 0 N–H and O–H groups in total. The minimum atomic E-state index is -0.411. The maximum Gasteiger partial charge on any atom is 0.311 e. The molecule has 2 heteroatoms. The van der Waals surface area contributed by atoms with Crippen molar-refractivity contribution >= 4 is 5.97 Å². The molecule has 8 atom stereocenters. The van der Waals surface area contributed by atoms with Crippen molar-refractivity contribution in [3.05, 3.63) is 11.6 Å². The second kappa shape index (κ2) is 9.59. The quantitative estimate of drug-likeness (QED) is 0.286. The minimum Gasteiger partial charge on any atom is -0.462 e. The summed E-state index contributed by atoms with van der Waals surface area (Å²) >= 11 is 0. The highest BCUT2D eigenvalue weighted by atomic mass is 16.5. The van der Waals surface area contributed by atoms with E-state index in [1.807, 2.05) is 20.8 Å². The number of carbonyl (C=O) groups is 1. The molecule has 2 nitrogen and oxygen atoms in total. The third-order valence-corrected chi connectivity index (χ3v) is 11.1. The van der Waals surface area contributed by atoms with E-state index < -0.39 is 5.41 Å². The van der Waals surface area contributed by atoms with Crippen LogP contribution in [-0.2, 0) is 9.53 Å². The molecular formula is C32H54O2. The van der Waals surface area contributed by atoms with E-state index in [1.54, 1.807) is 5.57 Å². The van der Waals surface area contributed by atoms with E-state index in [9.17, 15) is 4.79 Å². The molecule has 3 saturated carbocycles. The summed E-state index contributed by atoms with van der Waals surface area (Å²) in [4.78, 5) is 12.5. The average Bonchev–Trinajstić information content (AvgIpc) is 3.10. The lowest BCUT2D eigenvalue weighted by Crippen LogP contribution is -2.51. The van der Waals surface area contributed by atoms with E-state index in [1.165, 1.54) is 57.8 Å². The first kappa shape index (κ1) is 26.3. The van der Waals surface area contributed by atoms with E-state index >= 15 is 0 Å². The van der Waals surface area contributed by atoms with Crippen molar-refractivity contribution in [3.8, 4) is 0 Å². The smallest absolute Gasteiger partial charge is 0.311 e. The summed E-state index contributed by atoms with van der Waals surface area (Å²) in [7, 11) is 0. The van der Waals surface area contributed by atoms with Crippen LogP contribution in [0.1, 0.15) is 126 Å². The molecule has 0 aromatic rings. The molecule has 0 aromatic heterocycles. The van der Waals surface area contributed by atoms with Gasteiger partial charge in [-0.1, -0.05) is 65.5 Å². The first-order valence-electron chi connectivity index (χ1n) is 14.8. The first-order valence-corrected chi connectivity index (χ1v) is 14.8. The maximum absolute atomic E-state index is 12.5. The molecule has 34 heavy (non-hydrogen) atoms. The largest absolute Gasteiger partial charge is 0.462 e. The van der Waals surface area contributed by atoms with Crippen LogP contribution in [-0.4, -0.2) is 12.1 Å². The highest BCUT2D eigenvalue weighted by molar-refractivity contribution is 5.75. The zero-order valence-electron chi connectivity index (χ0n) is 23.7. The molecule has 194 valence electrons. The molecule has 3 fully saturated rings. The van der Waals surface area contributed by atoms with E-state index in [4.69, 9.17) is 4.74 Å². The number of hydrogen-bond acceptors (Lipinski definition) is 2.